The third-order valence-corrected chi connectivity index (χ3v) is 2.62. The summed E-state index contributed by atoms with van der Waals surface area (Å²) in [6.45, 7) is -0.829. The maximum Gasteiger partial charge on any atom is 0.328 e. The van der Waals surface area contributed by atoms with Gasteiger partial charge >= 0.3 is 5.97 Å². The minimum absolute atomic E-state index is 0.0325. The van der Waals surface area contributed by atoms with Crippen molar-refractivity contribution in [2.75, 3.05) is 13.8 Å². The molecule has 2 N–H and O–H groups in total. The number of alkyl halides is 1. The third kappa shape index (κ3) is 1.31. The van der Waals surface area contributed by atoms with Crippen molar-refractivity contribution in [1.82, 2.24) is 0 Å². The van der Waals surface area contributed by atoms with Crippen molar-refractivity contribution < 1.29 is 13.9 Å². The van der Waals surface area contributed by atoms with Crippen LogP contribution in [0, 0.1) is 5.92 Å². The molecule has 0 aromatic heterocycles. The van der Waals surface area contributed by atoms with Gasteiger partial charge in [0.25, 0.3) is 0 Å². The van der Waals surface area contributed by atoms with E-state index in [4.69, 9.17) is 5.73 Å². The maximum atomic E-state index is 12.5. The average Bonchev–Trinajstić information content (AvgIpc) is 1.99. The van der Waals surface area contributed by atoms with Gasteiger partial charge in [-0.1, -0.05) is 6.42 Å². The predicted octanol–water partition coefficient (Wildman–Crippen LogP) is 0.626. The smallest absolute Gasteiger partial charge is 0.328 e. The number of carbonyl (C=O) groups is 1. The summed E-state index contributed by atoms with van der Waals surface area (Å²) in [7, 11) is 1.23. The number of halogens is 1. The first-order chi connectivity index (χ1) is 5.65. The second-order valence-electron chi connectivity index (χ2n) is 3.29. The van der Waals surface area contributed by atoms with Crippen molar-refractivity contribution in [3.63, 3.8) is 0 Å². The lowest BCUT2D eigenvalue weighted by molar-refractivity contribution is -0.151. The molecule has 1 atom stereocenters. The molecule has 1 rings (SSSR count). The van der Waals surface area contributed by atoms with E-state index in [1.165, 1.54) is 7.11 Å². The Kier molecular flexibility index (Phi) is 2.67. The Labute approximate surface area is 71.1 Å². The number of carbonyl (C=O) groups excluding carboxylic acids is 1. The Bertz CT molecular complexity index is 182. The Balaban J connectivity index is 2.66. The molecule has 0 heterocycles. The van der Waals surface area contributed by atoms with Crippen LogP contribution in [0.4, 0.5) is 4.39 Å². The predicted molar refractivity (Wildman–Crippen MR) is 42.3 cm³/mol. The summed E-state index contributed by atoms with van der Waals surface area (Å²) in [5.74, 6) is -0.662. The van der Waals surface area contributed by atoms with Gasteiger partial charge in [0.2, 0.25) is 0 Å². The molecule has 0 amide bonds. The summed E-state index contributed by atoms with van der Waals surface area (Å²) in [6.07, 6.45) is 2.69. The van der Waals surface area contributed by atoms with E-state index in [0.29, 0.717) is 0 Å². The lowest BCUT2D eigenvalue weighted by Crippen LogP contribution is -2.58. The molecule has 70 valence electrons. The molecular formula is C8H14FNO2. The highest BCUT2D eigenvalue weighted by molar-refractivity contribution is 5.81. The highest BCUT2D eigenvalue weighted by Crippen LogP contribution is 2.35. The summed E-state index contributed by atoms with van der Waals surface area (Å²) in [5.41, 5.74) is 4.23. The Morgan fingerprint density at radius 2 is 2.33 bits per heavy atom. The average molecular weight is 175 g/mol. The molecule has 4 heteroatoms. The van der Waals surface area contributed by atoms with Gasteiger partial charge in [-0.25, -0.2) is 9.18 Å². The molecule has 1 saturated carbocycles. The second-order valence-corrected chi connectivity index (χ2v) is 3.29. The first-order valence-corrected chi connectivity index (χ1v) is 4.08. The molecule has 0 aliphatic heterocycles. The Hall–Kier alpha value is -0.640. The van der Waals surface area contributed by atoms with Crippen molar-refractivity contribution in [3.8, 4) is 0 Å². The van der Waals surface area contributed by atoms with Gasteiger partial charge in [-0.3, -0.25) is 0 Å². The van der Waals surface area contributed by atoms with Gasteiger partial charge in [0.1, 0.15) is 12.2 Å². The van der Waals surface area contributed by atoms with E-state index in [0.717, 1.165) is 19.3 Å². The van der Waals surface area contributed by atoms with Crippen LogP contribution in [0.3, 0.4) is 0 Å². The van der Waals surface area contributed by atoms with Crippen LogP contribution in [-0.2, 0) is 9.53 Å². The van der Waals surface area contributed by atoms with Crippen LogP contribution >= 0.6 is 0 Å². The number of ether oxygens (including phenoxy) is 1. The second kappa shape index (κ2) is 3.39. The molecule has 1 fully saturated rings. The first kappa shape index (κ1) is 9.45. The quantitative estimate of drug-likeness (QED) is 0.640. The SMILES string of the molecule is COC(=O)C(N)(CF)C1CCC1. The summed E-state index contributed by atoms with van der Waals surface area (Å²) in [5, 5.41) is 0. The first-order valence-electron chi connectivity index (χ1n) is 4.08. The summed E-state index contributed by atoms with van der Waals surface area (Å²) >= 11 is 0. The van der Waals surface area contributed by atoms with Crippen LogP contribution in [0.2, 0.25) is 0 Å². The van der Waals surface area contributed by atoms with Crippen molar-refractivity contribution in [1.29, 1.82) is 0 Å². The van der Waals surface area contributed by atoms with Gasteiger partial charge in [-0.2, -0.15) is 0 Å². The molecule has 1 aliphatic rings. The van der Waals surface area contributed by atoms with E-state index in [1.54, 1.807) is 0 Å². The normalized spacial score (nSPS) is 22.6. The van der Waals surface area contributed by atoms with Crippen LogP contribution in [0.5, 0.6) is 0 Å². The number of hydrogen-bond acceptors (Lipinski definition) is 3. The zero-order valence-electron chi connectivity index (χ0n) is 7.18. The van der Waals surface area contributed by atoms with Gasteiger partial charge in [-0.05, 0) is 18.8 Å². The lowest BCUT2D eigenvalue weighted by atomic mass is 9.72. The van der Waals surface area contributed by atoms with E-state index < -0.39 is 18.2 Å². The van der Waals surface area contributed by atoms with Gasteiger partial charge in [0.15, 0.2) is 0 Å². The molecule has 0 radical (unpaired) electrons. The van der Waals surface area contributed by atoms with Crippen LogP contribution in [-0.4, -0.2) is 25.3 Å². The minimum atomic E-state index is -1.38. The van der Waals surface area contributed by atoms with Crippen LogP contribution in [0.15, 0.2) is 0 Å². The largest absolute Gasteiger partial charge is 0.468 e. The number of hydrogen-bond donors (Lipinski definition) is 1. The molecule has 3 nitrogen and oxygen atoms in total. The Morgan fingerprint density at radius 1 is 1.75 bits per heavy atom. The van der Waals surface area contributed by atoms with Crippen molar-refractivity contribution in [2.45, 2.75) is 24.8 Å². The summed E-state index contributed by atoms with van der Waals surface area (Å²) < 4.78 is 17.0. The minimum Gasteiger partial charge on any atom is -0.468 e. The molecule has 0 aromatic carbocycles. The van der Waals surface area contributed by atoms with E-state index in [-0.39, 0.29) is 5.92 Å². The molecule has 1 unspecified atom stereocenters. The van der Waals surface area contributed by atoms with E-state index in [9.17, 15) is 9.18 Å². The standard InChI is InChI=1S/C8H14FNO2/c1-12-7(11)8(10,5-9)6-3-2-4-6/h6H,2-5,10H2,1H3. The van der Waals surface area contributed by atoms with Crippen LogP contribution < -0.4 is 5.73 Å². The number of esters is 1. The molecule has 0 aromatic rings. The van der Waals surface area contributed by atoms with Crippen LogP contribution in [0.25, 0.3) is 0 Å². The zero-order valence-corrected chi connectivity index (χ0v) is 7.18. The van der Waals surface area contributed by atoms with Crippen LogP contribution in [0.1, 0.15) is 19.3 Å². The highest BCUT2D eigenvalue weighted by atomic mass is 19.1. The molecule has 0 bridgehead atoms. The molecule has 0 saturated heterocycles. The lowest BCUT2D eigenvalue weighted by Gasteiger charge is -2.38. The fourth-order valence-electron chi connectivity index (χ4n) is 1.44. The molecular weight excluding hydrogens is 161 g/mol. The maximum absolute atomic E-state index is 12.5. The number of nitrogens with two attached hydrogens (primary N) is 1. The monoisotopic (exact) mass is 175 g/mol. The van der Waals surface area contributed by atoms with Gasteiger partial charge < -0.3 is 10.5 Å². The Morgan fingerprint density at radius 3 is 2.58 bits per heavy atom. The van der Waals surface area contributed by atoms with Crippen molar-refractivity contribution >= 4 is 5.97 Å². The summed E-state index contributed by atoms with van der Waals surface area (Å²) in [4.78, 5) is 11.1. The van der Waals surface area contributed by atoms with E-state index >= 15 is 0 Å². The molecule has 1 aliphatic carbocycles. The third-order valence-electron chi connectivity index (χ3n) is 2.62. The fraction of sp³-hybridized carbons (Fsp3) is 0.875. The summed E-state index contributed by atoms with van der Waals surface area (Å²) in [6, 6.07) is 0. The van der Waals surface area contributed by atoms with Gasteiger partial charge in [0, 0.05) is 0 Å². The molecule has 12 heavy (non-hydrogen) atoms. The van der Waals surface area contributed by atoms with Crippen molar-refractivity contribution in [3.05, 3.63) is 0 Å². The topological polar surface area (TPSA) is 52.3 Å². The number of methoxy groups -OCH3 is 1. The van der Waals surface area contributed by atoms with E-state index in [1.807, 2.05) is 0 Å². The highest BCUT2D eigenvalue weighted by Gasteiger charge is 2.46. The van der Waals surface area contributed by atoms with Gasteiger partial charge in [0.05, 0.1) is 7.11 Å². The fourth-order valence-corrected chi connectivity index (χ4v) is 1.44. The zero-order chi connectivity index (χ0) is 9.19. The van der Waals surface area contributed by atoms with E-state index in [2.05, 4.69) is 4.74 Å². The van der Waals surface area contributed by atoms with Crippen molar-refractivity contribution in [2.24, 2.45) is 11.7 Å². The molecule has 0 spiro atoms. The van der Waals surface area contributed by atoms with Gasteiger partial charge in [-0.15, -0.1) is 0 Å². The number of rotatable bonds is 3.